The number of benzene rings is 3. The van der Waals surface area contributed by atoms with Gasteiger partial charge in [0.1, 0.15) is 12.3 Å². The fourth-order valence-electron chi connectivity index (χ4n) is 3.38. The zero-order valence-corrected chi connectivity index (χ0v) is 21.6. The molecule has 0 saturated carbocycles. The monoisotopic (exact) mass is 546 g/mol. The number of halogens is 1. The molecule has 3 aromatic rings. The molecule has 3 rings (SSSR count). The zero-order valence-electron chi connectivity index (χ0n) is 20.1. The molecule has 37 heavy (non-hydrogen) atoms. The fraction of sp³-hybridized carbons (Fsp3) is 0.160. The van der Waals surface area contributed by atoms with E-state index in [9.17, 15) is 22.8 Å². The van der Waals surface area contributed by atoms with Crippen LogP contribution < -0.4 is 14.4 Å². The minimum Gasteiger partial charge on any atom is -0.495 e. The summed E-state index contributed by atoms with van der Waals surface area (Å²) in [7, 11) is -0.577. The Bertz CT molecular complexity index is 1390. The SMILES string of the molecule is COC(=O)c1cc(NC(=O)CN(c2cc(Cl)ccc2OC)S(=O)(=O)c2ccccc2)cc(C(=O)OC)c1. The number of anilines is 2. The maximum Gasteiger partial charge on any atom is 0.337 e. The molecule has 1 amide bonds. The van der Waals surface area contributed by atoms with Gasteiger partial charge in [-0.1, -0.05) is 29.8 Å². The maximum atomic E-state index is 13.6. The highest BCUT2D eigenvalue weighted by Gasteiger charge is 2.30. The molecule has 0 spiro atoms. The van der Waals surface area contributed by atoms with E-state index in [1.807, 2.05) is 0 Å². The first kappa shape index (κ1) is 27.5. The van der Waals surface area contributed by atoms with Gasteiger partial charge in [-0.2, -0.15) is 0 Å². The van der Waals surface area contributed by atoms with Gasteiger partial charge in [0.05, 0.1) is 43.0 Å². The molecule has 0 aliphatic carbocycles. The second-order valence-electron chi connectivity index (χ2n) is 7.47. The van der Waals surface area contributed by atoms with Crippen molar-refractivity contribution in [3.05, 3.63) is 82.9 Å². The summed E-state index contributed by atoms with van der Waals surface area (Å²) in [5.74, 6) is -2.12. The lowest BCUT2D eigenvalue weighted by molar-refractivity contribution is -0.114. The number of ether oxygens (including phenoxy) is 3. The van der Waals surface area contributed by atoms with Crippen LogP contribution >= 0.6 is 11.6 Å². The van der Waals surface area contributed by atoms with Crippen LogP contribution in [0.3, 0.4) is 0 Å². The lowest BCUT2D eigenvalue weighted by Crippen LogP contribution is -2.38. The number of rotatable bonds is 9. The molecule has 0 aromatic heterocycles. The molecule has 12 heteroatoms. The van der Waals surface area contributed by atoms with Crippen molar-refractivity contribution in [1.29, 1.82) is 0 Å². The molecule has 0 heterocycles. The Morgan fingerprint density at radius 1 is 0.865 bits per heavy atom. The number of nitrogens with one attached hydrogen (secondary N) is 1. The van der Waals surface area contributed by atoms with Crippen molar-refractivity contribution in [2.24, 2.45) is 0 Å². The summed E-state index contributed by atoms with van der Waals surface area (Å²) < 4.78 is 42.8. The molecule has 0 bridgehead atoms. The van der Waals surface area contributed by atoms with Crippen molar-refractivity contribution in [3.63, 3.8) is 0 Å². The first-order valence-electron chi connectivity index (χ1n) is 10.6. The summed E-state index contributed by atoms with van der Waals surface area (Å²) in [4.78, 5) is 37.2. The van der Waals surface area contributed by atoms with Crippen molar-refractivity contribution in [3.8, 4) is 5.75 Å². The number of hydrogen-bond acceptors (Lipinski definition) is 8. The molecule has 0 aliphatic rings. The predicted molar refractivity (Wildman–Crippen MR) is 137 cm³/mol. The summed E-state index contributed by atoms with van der Waals surface area (Å²) in [6.45, 7) is -0.691. The summed E-state index contributed by atoms with van der Waals surface area (Å²) in [5.41, 5.74) is 0.0351. The van der Waals surface area contributed by atoms with Crippen LogP contribution in [0.1, 0.15) is 20.7 Å². The quantitative estimate of drug-likeness (QED) is 0.402. The van der Waals surface area contributed by atoms with Gasteiger partial charge >= 0.3 is 11.9 Å². The Labute approximate surface area is 218 Å². The maximum absolute atomic E-state index is 13.6. The first-order chi connectivity index (χ1) is 17.6. The Morgan fingerprint density at radius 3 is 2.00 bits per heavy atom. The van der Waals surface area contributed by atoms with Crippen molar-refractivity contribution in [2.45, 2.75) is 4.90 Å². The highest BCUT2D eigenvalue weighted by molar-refractivity contribution is 7.92. The second kappa shape index (κ2) is 11.8. The third-order valence-electron chi connectivity index (χ3n) is 5.09. The molecule has 0 aliphatic heterocycles. The van der Waals surface area contributed by atoms with Crippen LogP contribution in [0.2, 0.25) is 5.02 Å². The Balaban J connectivity index is 2.03. The van der Waals surface area contributed by atoms with Crippen molar-refractivity contribution in [1.82, 2.24) is 0 Å². The van der Waals surface area contributed by atoms with E-state index in [1.165, 1.54) is 55.6 Å². The van der Waals surface area contributed by atoms with E-state index < -0.39 is 34.4 Å². The van der Waals surface area contributed by atoms with E-state index >= 15 is 0 Å². The standard InChI is InChI=1S/C25H23ClN2O8S/c1-34-22-10-9-18(26)14-21(22)28(37(32,33)20-7-5-4-6-8-20)15-23(29)27-19-12-16(24(30)35-2)11-17(13-19)25(31)36-3/h4-14H,15H2,1-3H3,(H,27,29). The summed E-state index contributed by atoms with van der Waals surface area (Å²) >= 11 is 6.14. The van der Waals surface area contributed by atoms with Crippen molar-refractivity contribution < 1.29 is 37.0 Å². The van der Waals surface area contributed by atoms with Gasteiger partial charge in [0, 0.05) is 10.7 Å². The van der Waals surface area contributed by atoms with Crippen LogP contribution in [-0.2, 0) is 24.3 Å². The Kier molecular flexibility index (Phi) is 8.74. The first-order valence-corrected chi connectivity index (χ1v) is 12.5. The molecule has 3 aromatic carbocycles. The van der Waals surface area contributed by atoms with Gasteiger partial charge in [-0.05, 0) is 48.5 Å². The lowest BCUT2D eigenvalue weighted by atomic mass is 10.1. The predicted octanol–water partition coefficient (Wildman–Crippen LogP) is 3.76. The van der Waals surface area contributed by atoms with E-state index in [-0.39, 0.29) is 38.2 Å². The second-order valence-corrected chi connectivity index (χ2v) is 9.77. The minimum atomic E-state index is -4.26. The zero-order chi connectivity index (χ0) is 27.2. The number of methoxy groups -OCH3 is 3. The lowest BCUT2D eigenvalue weighted by Gasteiger charge is -2.26. The van der Waals surface area contributed by atoms with E-state index in [4.69, 9.17) is 25.8 Å². The highest BCUT2D eigenvalue weighted by atomic mass is 35.5. The van der Waals surface area contributed by atoms with Crippen LogP contribution in [-0.4, -0.2) is 54.1 Å². The van der Waals surface area contributed by atoms with E-state index in [1.54, 1.807) is 18.2 Å². The molecule has 0 radical (unpaired) electrons. The third kappa shape index (κ3) is 6.38. The Morgan fingerprint density at radius 2 is 1.46 bits per heavy atom. The van der Waals surface area contributed by atoms with E-state index in [0.717, 1.165) is 18.5 Å². The van der Waals surface area contributed by atoms with E-state index in [0.29, 0.717) is 0 Å². The highest BCUT2D eigenvalue weighted by Crippen LogP contribution is 2.35. The molecule has 0 saturated heterocycles. The summed E-state index contributed by atoms with van der Waals surface area (Å²) in [5, 5.41) is 2.74. The molecular weight excluding hydrogens is 524 g/mol. The van der Waals surface area contributed by atoms with Crippen LogP contribution in [0.4, 0.5) is 11.4 Å². The molecule has 0 fully saturated rings. The summed E-state index contributed by atoms with van der Waals surface area (Å²) in [6.07, 6.45) is 0. The van der Waals surface area contributed by atoms with Gasteiger partial charge < -0.3 is 19.5 Å². The minimum absolute atomic E-state index is 0.0222. The van der Waals surface area contributed by atoms with Gasteiger partial charge in [-0.15, -0.1) is 0 Å². The van der Waals surface area contributed by atoms with Gasteiger partial charge in [-0.3, -0.25) is 9.10 Å². The van der Waals surface area contributed by atoms with Crippen molar-refractivity contribution >= 4 is 50.8 Å². The van der Waals surface area contributed by atoms with Gasteiger partial charge in [0.15, 0.2) is 0 Å². The van der Waals surface area contributed by atoms with Crippen molar-refractivity contribution in [2.75, 3.05) is 37.5 Å². The molecule has 0 atom stereocenters. The number of carbonyl (C=O) groups excluding carboxylic acids is 3. The number of nitrogens with zero attached hydrogens (tertiary/aromatic N) is 1. The van der Waals surface area contributed by atoms with Crippen LogP contribution in [0.5, 0.6) is 5.75 Å². The average molecular weight is 547 g/mol. The number of amides is 1. The largest absolute Gasteiger partial charge is 0.495 e. The summed E-state index contributed by atoms with van der Waals surface area (Å²) in [6, 6.07) is 15.7. The smallest absolute Gasteiger partial charge is 0.337 e. The third-order valence-corrected chi connectivity index (χ3v) is 7.10. The molecule has 0 unspecified atom stereocenters. The molecular formula is C25H23ClN2O8S. The van der Waals surface area contributed by atoms with Gasteiger partial charge in [0.2, 0.25) is 5.91 Å². The molecule has 10 nitrogen and oxygen atoms in total. The topological polar surface area (TPSA) is 128 Å². The van der Waals surface area contributed by atoms with Gasteiger partial charge in [-0.25, -0.2) is 18.0 Å². The number of sulfonamides is 1. The van der Waals surface area contributed by atoms with Crippen LogP contribution in [0.15, 0.2) is 71.6 Å². The fourth-order valence-corrected chi connectivity index (χ4v) is 4.99. The number of esters is 2. The molecule has 1 N–H and O–H groups in total. The number of hydrogen-bond donors (Lipinski definition) is 1. The normalized spacial score (nSPS) is 10.8. The number of carbonyl (C=O) groups is 3. The van der Waals surface area contributed by atoms with E-state index in [2.05, 4.69) is 5.32 Å². The van der Waals surface area contributed by atoms with Gasteiger partial charge in [0.25, 0.3) is 10.0 Å². The Hall–Kier alpha value is -4.09. The van der Waals surface area contributed by atoms with Crippen LogP contribution in [0.25, 0.3) is 0 Å². The van der Waals surface area contributed by atoms with Crippen LogP contribution in [0, 0.1) is 0 Å². The molecule has 194 valence electrons. The average Bonchev–Trinajstić information content (AvgIpc) is 2.90.